The highest BCUT2D eigenvalue weighted by Gasteiger charge is 2.09. The van der Waals surface area contributed by atoms with E-state index in [4.69, 9.17) is 4.74 Å². The molecule has 0 spiro atoms. The maximum Gasteiger partial charge on any atom is 0.136 e. The maximum atomic E-state index is 9.46. The first-order valence-electron chi connectivity index (χ1n) is 8.01. The number of allylic oxidation sites excluding steroid dienone is 1. The highest BCUT2D eigenvalue weighted by molar-refractivity contribution is 9.10. The van der Waals surface area contributed by atoms with Gasteiger partial charge < -0.3 is 10.1 Å². The first kappa shape index (κ1) is 18.2. The van der Waals surface area contributed by atoms with E-state index in [1.165, 1.54) is 11.3 Å². The number of halogens is 1. The fourth-order valence-corrected chi connectivity index (χ4v) is 3.32. The van der Waals surface area contributed by atoms with E-state index in [0.29, 0.717) is 17.2 Å². The van der Waals surface area contributed by atoms with Gasteiger partial charge in [-0.25, -0.2) is 4.98 Å². The highest BCUT2D eigenvalue weighted by atomic mass is 79.9. The van der Waals surface area contributed by atoms with Gasteiger partial charge in [0.1, 0.15) is 22.4 Å². The summed E-state index contributed by atoms with van der Waals surface area (Å²) in [6.45, 7) is 2.60. The van der Waals surface area contributed by atoms with Gasteiger partial charge in [-0.3, -0.25) is 0 Å². The minimum absolute atomic E-state index is 0.495. The Kier molecular flexibility index (Phi) is 6.05. The van der Waals surface area contributed by atoms with Crippen LogP contribution in [0.2, 0.25) is 0 Å². The molecule has 0 aliphatic heterocycles. The van der Waals surface area contributed by atoms with Crippen molar-refractivity contribution in [2.24, 2.45) is 0 Å². The van der Waals surface area contributed by atoms with Crippen molar-refractivity contribution in [3.8, 4) is 23.1 Å². The molecule has 4 nitrogen and oxygen atoms in total. The fraction of sp³-hybridized carbons (Fsp3) is 0.100. The van der Waals surface area contributed by atoms with Crippen molar-refractivity contribution in [3.05, 3.63) is 69.6 Å². The molecule has 6 heteroatoms. The van der Waals surface area contributed by atoms with Crippen molar-refractivity contribution >= 4 is 38.5 Å². The molecule has 1 heterocycles. The first-order valence-corrected chi connectivity index (χ1v) is 9.68. The molecule has 0 amide bonds. The zero-order valence-corrected chi connectivity index (χ0v) is 16.5. The summed E-state index contributed by atoms with van der Waals surface area (Å²) in [6, 6.07) is 17.7. The third-order valence-corrected chi connectivity index (χ3v) is 4.95. The Balaban J connectivity index is 1.77. The SMILES string of the molecule is CCOc1ccc(-c2csc(C(C#N)=CNc3ccc(Br)cc3)n2)cc1. The Morgan fingerprint density at radius 1 is 1.23 bits per heavy atom. The van der Waals surface area contributed by atoms with Crippen molar-refractivity contribution in [3.63, 3.8) is 0 Å². The Hall–Kier alpha value is -2.62. The molecule has 0 radical (unpaired) electrons. The standard InChI is InChI=1S/C20H16BrN3OS/c1-2-25-18-9-3-14(4-10-18)19-13-26-20(24-19)15(11-22)12-23-17-7-5-16(21)6-8-17/h3-10,12-13,23H,2H2,1H3. The molecular weight excluding hydrogens is 410 g/mol. The Morgan fingerprint density at radius 3 is 2.62 bits per heavy atom. The molecule has 0 atom stereocenters. The van der Waals surface area contributed by atoms with Crippen molar-refractivity contribution in [2.75, 3.05) is 11.9 Å². The summed E-state index contributed by atoms with van der Waals surface area (Å²) in [5.74, 6) is 0.836. The second-order valence-electron chi connectivity index (χ2n) is 5.32. The molecule has 130 valence electrons. The van der Waals surface area contributed by atoms with Gasteiger partial charge in [0.25, 0.3) is 0 Å². The minimum atomic E-state index is 0.495. The fourth-order valence-electron chi connectivity index (χ4n) is 2.26. The number of rotatable bonds is 6. The lowest BCUT2D eigenvalue weighted by Crippen LogP contribution is -1.91. The van der Waals surface area contributed by atoms with Crippen molar-refractivity contribution in [1.29, 1.82) is 5.26 Å². The molecule has 26 heavy (non-hydrogen) atoms. The van der Waals surface area contributed by atoms with Crippen LogP contribution < -0.4 is 10.1 Å². The number of nitrogens with one attached hydrogen (secondary N) is 1. The molecule has 0 bridgehead atoms. The number of benzene rings is 2. The molecule has 0 aliphatic rings. The number of hydrogen-bond acceptors (Lipinski definition) is 5. The average Bonchev–Trinajstić information content (AvgIpc) is 3.15. The molecule has 0 unspecified atom stereocenters. The van der Waals surface area contributed by atoms with E-state index >= 15 is 0 Å². The highest BCUT2D eigenvalue weighted by Crippen LogP contribution is 2.27. The second kappa shape index (κ2) is 8.65. The van der Waals surface area contributed by atoms with Crippen LogP contribution in [0.15, 0.2) is 64.6 Å². The van der Waals surface area contributed by atoms with E-state index in [1.54, 1.807) is 6.20 Å². The lowest BCUT2D eigenvalue weighted by Gasteiger charge is -2.03. The third-order valence-electron chi connectivity index (χ3n) is 3.54. The van der Waals surface area contributed by atoms with E-state index in [1.807, 2.05) is 60.8 Å². The van der Waals surface area contributed by atoms with Crippen LogP contribution in [0.4, 0.5) is 5.69 Å². The number of nitrogens with zero attached hydrogens (tertiary/aromatic N) is 2. The van der Waals surface area contributed by atoms with Crippen LogP contribution in [0.25, 0.3) is 16.8 Å². The molecule has 0 aliphatic carbocycles. The number of aromatic nitrogens is 1. The van der Waals surface area contributed by atoms with Gasteiger partial charge in [0.05, 0.1) is 12.3 Å². The lowest BCUT2D eigenvalue weighted by molar-refractivity contribution is 0.340. The van der Waals surface area contributed by atoms with E-state index in [9.17, 15) is 5.26 Å². The monoisotopic (exact) mass is 425 g/mol. The van der Waals surface area contributed by atoms with Gasteiger partial charge in [0, 0.05) is 27.3 Å². The zero-order valence-electron chi connectivity index (χ0n) is 14.1. The molecule has 3 rings (SSSR count). The lowest BCUT2D eigenvalue weighted by atomic mass is 10.2. The van der Waals surface area contributed by atoms with Crippen molar-refractivity contribution in [2.45, 2.75) is 6.92 Å². The summed E-state index contributed by atoms with van der Waals surface area (Å²) in [7, 11) is 0. The molecular formula is C20H16BrN3OS. The molecule has 1 N–H and O–H groups in total. The number of thiazole rings is 1. The van der Waals surface area contributed by atoms with E-state index in [-0.39, 0.29) is 0 Å². The Bertz CT molecular complexity index is 940. The summed E-state index contributed by atoms with van der Waals surface area (Å²) < 4.78 is 6.46. The van der Waals surface area contributed by atoms with Crippen LogP contribution in [-0.2, 0) is 0 Å². The van der Waals surface area contributed by atoms with Gasteiger partial charge >= 0.3 is 0 Å². The van der Waals surface area contributed by atoms with Crippen LogP contribution in [0, 0.1) is 11.3 Å². The van der Waals surface area contributed by atoms with E-state index < -0.39 is 0 Å². The van der Waals surface area contributed by atoms with Gasteiger partial charge in [0.2, 0.25) is 0 Å². The summed E-state index contributed by atoms with van der Waals surface area (Å²) in [5, 5.41) is 15.2. The summed E-state index contributed by atoms with van der Waals surface area (Å²) in [4.78, 5) is 4.59. The Labute approximate surface area is 164 Å². The molecule has 2 aromatic carbocycles. The normalized spacial score (nSPS) is 11.0. The van der Waals surface area contributed by atoms with Gasteiger partial charge in [-0.15, -0.1) is 11.3 Å². The van der Waals surface area contributed by atoms with Crippen LogP contribution in [0.5, 0.6) is 5.75 Å². The predicted octanol–water partition coefficient (Wildman–Crippen LogP) is 5.95. The molecule has 0 fully saturated rings. The zero-order chi connectivity index (χ0) is 18.4. The molecule has 3 aromatic rings. The summed E-state index contributed by atoms with van der Waals surface area (Å²) >= 11 is 4.85. The largest absolute Gasteiger partial charge is 0.494 e. The number of ether oxygens (including phenoxy) is 1. The van der Waals surface area contributed by atoms with E-state index in [0.717, 1.165) is 27.2 Å². The van der Waals surface area contributed by atoms with Gasteiger partial charge in [-0.2, -0.15) is 5.26 Å². The van der Waals surface area contributed by atoms with Crippen molar-refractivity contribution in [1.82, 2.24) is 4.98 Å². The van der Waals surface area contributed by atoms with Gasteiger partial charge in [0.15, 0.2) is 0 Å². The van der Waals surface area contributed by atoms with Crippen LogP contribution in [0.1, 0.15) is 11.9 Å². The third kappa shape index (κ3) is 4.51. The van der Waals surface area contributed by atoms with Crippen LogP contribution in [0.3, 0.4) is 0 Å². The second-order valence-corrected chi connectivity index (χ2v) is 7.09. The summed E-state index contributed by atoms with van der Waals surface area (Å²) in [6.07, 6.45) is 1.68. The number of hydrogen-bond donors (Lipinski definition) is 1. The molecule has 1 aromatic heterocycles. The van der Waals surface area contributed by atoms with Gasteiger partial charge in [-0.05, 0) is 55.5 Å². The van der Waals surface area contributed by atoms with Crippen molar-refractivity contribution < 1.29 is 4.74 Å². The quantitative estimate of drug-likeness (QED) is 0.495. The molecule has 0 saturated heterocycles. The van der Waals surface area contributed by atoms with Crippen LogP contribution >= 0.6 is 27.3 Å². The maximum absolute atomic E-state index is 9.46. The van der Waals surface area contributed by atoms with E-state index in [2.05, 4.69) is 32.3 Å². The first-order chi connectivity index (χ1) is 12.7. The molecule has 0 saturated carbocycles. The number of nitriles is 1. The smallest absolute Gasteiger partial charge is 0.136 e. The Morgan fingerprint density at radius 2 is 1.96 bits per heavy atom. The van der Waals surface area contributed by atoms with Gasteiger partial charge in [-0.1, -0.05) is 15.9 Å². The number of anilines is 1. The predicted molar refractivity (Wildman–Crippen MR) is 110 cm³/mol. The summed E-state index contributed by atoms with van der Waals surface area (Å²) in [5.41, 5.74) is 3.24. The minimum Gasteiger partial charge on any atom is -0.494 e. The van der Waals surface area contributed by atoms with Crippen LogP contribution in [-0.4, -0.2) is 11.6 Å². The average molecular weight is 426 g/mol. The topological polar surface area (TPSA) is 57.9 Å².